The molecule has 3 N–H and O–H groups in total. The first-order valence-electron chi connectivity index (χ1n) is 5.25. The standard InChI is InChI=1S/C9H8N4O5S3/c1-4(14)10-8-11-12-9(20-8)21(17,18)13-6-3-2-5(19-6)7(15)16/h2-3,13H,1H3,(H,15,16)(H,10,11,14). The maximum Gasteiger partial charge on any atom is 0.345 e. The van der Waals surface area contributed by atoms with Crippen molar-refractivity contribution in [3.63, 3.8) is 0 Å². The molecule has 2 aromatic heterocycles. The van der Waals surface area contributed by atoms with E-state index in [1.54, 1.807) is 0 Å². The van der Waals surface area contributed by atoms with Crippen LogP contribution in [0.4, 0.5) is 10.1 Å². The van der Waals surface area contributed by atoms with E-state index >= 15 is 0 Å². The quantitative estimate of drug-likeness (QED) is 0.687. The summed E-state index contributed by atoms with van der Waals surface area (Å²) in [5, 5.41) is 18.3. The highest BCUT2D eigenvalue weighted by molar-refractivity contribution is 7.94. The van der Waals surface area contributed by atoms with Gasteiger partial charge >= 0.3 is 5.97 Å². The van der Waals surface area contributed by atoms with Crippen molar-refractivity contribution in [1.29, 1.82) is 0 Å². The molecule has 0 aliphatic carbocycles. The molecule has 0 saturated carbocycles. The number of amides is 1. The van der Waals surface area contributed by atoms with Gasteiger partial charge in [-0.15, -0.1) is 21.5 Å². The minimum Gasteiger partial charge on any atom is -0.477 e. The van der Waals surface area contributed by atoms with Crippen molar-refractivity contribution in [3.05, 3.63) is 17.0 Å². The van der Waals surface area contributed by atoms with E-state index in [0.29, 0.717) is 11.3 Å². The third kappa shape index (κ3) is 3.74. The number of rotatable bonds is 5. The van der Waals surface area contributed by atoms with Crippen LogP contribution in [0, 0.1) is 0 Å². The summed E-state index contributed by atoms with van der Waals surface area (Å²) in [6.07, 6.45) is 0. The van der Waals surface area contributed by atoms with Gasteiger partial charge in [0.05, 0.1) is 0 Å². The van der Waals surface area contributed by atoms with Crippen molar-refractivity contribution in [2.45, 2.75) is 11.3 Å². The topological polar surface area (TPSA) is 138 Å². The van der Waals surface area contributed by atoms with Crippen LogP contribution in [0.5, 0.6) is 0 Å². The Balaban J connectivity index is 2.19. The van der Waals surface area contributed by atoms with Crippen LogP contribution in [0.25, 0.3) is 0 Å². The number of carbonyl (C=O) groups excluding carboxylic acids is 1. The Morgan fingerprint density at radius 1 is 1.24 bits per heavy atom. The molecule has 2 aromatic rings. The van der Waals surface area contributed by atoms with Crippen molar-refractivity contribution in [3.8, 4) is 0 Å². The normalized spacial score (nSPS) is 11.1. The van der Waals surface area contributed by atoms with Crippen LogP contribution in [-0.2, 0) is 14.8 Å². The second kappa shape index (κ2) is 5.75. The van der Waals surface area contributed by atoms with Crippen molar-refractivity contribution >= 4 is 54.7 Å². The summed E-state index contributed by atoms with van der Waals surface area (Å²) < 4.78 is 25.9. The molecule has 0 radical (unpaired) electrons. The summed E-state index contributed by atoms with van der Waals surface area (Å²) in [7, 11) is -3.98. The van der Waals surface area contributed by atoms with Gasteiger partial charge < -0.3 is 10.4 Å². The van der Waals surface area contributed by atoms with E-state index < -0.39 is 21.9 Å². The predicted molar refractivity (Wildman–Crippen MR) is 76.3 cm³/mol. The molecule has 0 atom stereocenters. The third-order valence-electron chi connectivity index (χ3n) is 1.97. The number of anilines is 2. The van der Waals surface area contributed by atoms with Crippen LogP contribution in [-0.4, -0.2) is 35.6 Å². The number of nitrogens with one attached hydrogen (secondary N) is 2. The Morgan fingerprint density at radius 2 is 1.95 bits per heavy atom. The van der Waals surface area contributed by atoms with E-state index in [0.717, 1.165) is 11.3 Å². The van der Waals surface area contributed by atoms with Gasteiger partial charge in [-0.25, -0.2) is 4.79 Å². The van der Waals surface area contributed by atoms with Gasteiger partial charge in [-0.3, -0.25) is 9.52 Å². The van der Waals surface area contributed by atoms with E-state index in [4.69, 9.17) is 5.11 Å². The fourth-order valence-corrected chi connectivity index (χ4v) is 4.19. The summed E-state index contributed by atoms with van der Waals surface area (Å²) >= 11 is 1.46. The van der Waals surface area contributed by atoms with Gasteiger partial charge in [0.25, 0.3) is 14.4 Å². The number of aromatic carboxylic acids is 1. The first-order valence-corrected chi connectivity index (χ1v) is 8.36. The number of sulfonamides is 1. The minimum atomic E-state index is -3.98. The number of hydrogen-bond donors (Lipinski definition) is 3. The van der Waals surface area contributed by atoms with Crippen LogP contribution in [0.2, 0.25) is 0 Å². The monoisotopic (exact) mass is 348 g/mol. The average molecular weight is 348 g/mol. The van der Waals surface area contributed by atoms with E-state index in [1.807, 2.05) is 0 Å². The SMILES string of the molecule is CC(=O)Nc1nnc(S(=O)(=O)Nc2ccc(C(=O)O)s2)s1. The molecule has 112 valence electrons. The number of carboxylic acid groups (broad SMARTS) is 1. The Labute approximate surface area is 126 Å². The molecule has 9 nitrogen and oxygen atoms in total. The minimum absolute atomic E-state index is 0.00361. The van der Waals surface area contributed by atoms with Crippen molar-refractivity contribution in [1.82, 2.24) is 10.2 Å². The van der Waals surface area contributed by atoms with Crippen LogP contribution < -0.4 is 10.0 Å². The zero-order valence-electron chi connectivity index (χ0n) is 10.4. The molecule has 1 amide bonds. The summed E-state index contributed by atoms with van der Waals surface area (Å²) in [6.45, 7) is 1.26. The Hall–Kier alpha value is -2.05. The molecular formula is C9H8N4O5S3. The molecule has 0 aromatic carbocycles. The Bertz CT molecular complexity index is 794. The van der Waals surface area contributed by atoms with E-state index in [9.17, 15) is 18.0 Å². The average Bonchev–Trinajstić information content (AvgIpc) is 2.97. The van der Waals surface area contributed by atoms with Gasteiger partial charge in [0.15, 0.2) is 0 Å². The van der Waals surface area contributed by atoms with Gasteiger partial charge in [-0.05, 0) is 12.1 Å². The maximum atomic E-state index is 12.0. The van der Waals surface area contributed by atoms with Gasteiger partial charge in [0.1, 0.15) is 9.88 Å². The van der Waals surface area contributed by atoms with Crippen LogP contribution in [0.1, 0.15) is 16.6 Å². The number of hydrogen-bond acceptors (Lipinski definition) is 8. The summed E-state index contributed by atoms with van der Waals surface area (Å²) in [4.78, 5) is 21.6. The first kappa shape index (κ1) is 15.3. The van der Waals surface area contributed by atoms with Crippen molar-refractivity contribution in [2.75, 3.05) is 10.0 Å². The number of nitrogens with zero attached hydrogens (tertiary/aromatic N) is 2. The molecule has 0 aliphatic rings. The fourth-order valence-electron chi connectivity index (χ4n) is 1.20. The Morgan fingerprint density at radius 3 is 2.52 bits per heavy atom. The van der Waals surface area contributed by atoms with Crippen LogP contribution in [0.15, 0.2) is 16.5 Å². The molecule has 0 spiro atoms. The van der Waals surface area contributed by atoms with Gasteiger partial charge in [-0.1, -0.05) is 11.3 Å². The number of carboxylic acids is 1. The zero-order chi connectivity index (χ0) is 15.6. The molecule has 0 unspecified atom stereocenters. The van der Waals surface area contributed by atoms with E-state index in [1.165, 1.54) is 19.1 Å². The number of aromatic nitrogens is 2. The summed E-state index contributed by atoms with van der Waals surface area (Å²) in [5.74, 6) is -1.54. The number of carbonyl (C=O) groups is 2. The number of thiophene rings is 1. The zero-order valence-corrected chi connectivity index (χ0v) is 12.8. The predicted octanol–water partition coefficient (Wildman–Crippen LogP) is 1.06. The largest absolute Gasteiger partial charge is 0.477 e. The van der Waals surface area contributed by atoms with E-state index in [-0.39, 0.29) is 19.3 Å². The third-order valence-corrected chi connectivity index (χ3v) is 5.66. The van der Waals surface area contributed by atoms with Gasteiger partial charge in [0, 0.05) is 6.92 Å². The molecule has 0 saturated heterocycles. The molecular weight excluding hydrogens is 340 g/mol. The van der Waals surface area contributed by atoms with Crippen molar-refractivity contribution < 1.29 is 23.1 Å². The highest BCUT2D eigenvalue weighted by atomic mass is 32.2. The van der Waals surface area contributed by atoms with Crippen LogP contribution >= 0.6 is 22.7 Å². The molecule has 2 heterocycles. The van der Waals surface area contributed by atoms with Gasteiger partial charge in [0.2, 0.25) is 11.0 Å². The lowest BCUT2D eigenvalue weighted by atomic mass is 10.5. The molecule has 21 heavy (non-hydrogen) atoms. The van der Waals surface area contributed by atoms with Crippen LogP contribution in [0.3, 0.4) is 0 Å². The molecule has 0 aliphatic heterocycles. The lowest BCUT2D eigenvalue weighted by Gasteiger charge is -2.00. The van der Waals surface area contributed by atoms with E-state index in [2.05, 4.69) is 20.2 Å². The highest BCUT2D eigenvalue weighted by Crippen LogP contribution is 2.27. The molecule has 0 bridgehead atoms. The second-order valence-corrected chi connectivity index (χ2v) is 7.55. The fraction of sp³-hybridized carbons (Fsp3) is 0.111. The lowest BCUT2D eigenvalue weighted by Crippen LogP contribution is -2.11. The molecule has 2 rings (SSSR count). The smallest absolute Gasteiger partial charge is 0.345 e. The first-order chi connectivity index (χ1) is 9.78. The van der Waals surface area contributed by atoms with Crippen molar-refractivity contribution in [2.24, 2.45) is 0 Å². The summed E-state index contributed by atoms with van der Waals surface area (Å²) in [5.41, 5.74) is 0. The molecule has 12 heteroatoms. The molecule has 0 fully saturated rings. The van der Waals surface area contributed by atoms with Gasteiger partial charge in [-0.2, -0.15) is 8.42 Å². The maximum absolute atomic E-state index is 12.0. The Kier molecular flexibility index (Phi) is 4.20. The highest BCUT2D eigenvalue weighted by Gasteiger charge is 2.22. The lowest BCUT2D eigenvalue weighted by molar-refractivity contribution is -0.114. The summed E-state index contributed by atoms with van der Waals surface area (Å²) in [6, 6.07) is 2.62. The second-order valence-electron chi connectivity index (χ2n) is 3.63.